The molecule has 0 aromatic heterocycles. The van der Waals surface area contributed by atoms with Gasteiger partial charge in [-0.25, -0.2) is 4.39 Å². The Labute approximate surface area is 126 Å². The summed E-state index contributed by atoms with van der Waals surface area (Å²) in [6, 6.07) is 7.92. The predicted molar refractivity (Wildman–Crippen MR) is 82.5 cm³/mol. The molecule has 2 aliphatic carbocycles. The third-order valence-electron chi connectivity index (χ3n) is 5.83. The zero-order valence-electron chi connectivity index (χ0n) is 12.7. The number of benzene rings is 1. The van der Waals surface area contributed by atoms with Gasteiger partial charge in [0.2, 0.25) is 0 Å². The van der Waals surface area contributed by atoms with Crippen molar-refractivity contribution in [3.63, 3.8) is 0 Å². The van der Waals surface area contributed by atoms with Crippen molar-refractivity contribution >= 4 is 0 Å². The molecule has 1 atom stereocenters. The average molecular weight is 288 g/mol. The van der Waals surface area contributed by atoms with Crippen LogP contribution in [0.1, 0.15) is 44.1 Å². The second-order valence-electron chi connectivity index (χ2n) is 7.23. The van der Waals surface area contributed by atoms with Gasteiger partial charge in [0.25, 0.3) is 0 Å². The zero-order valence-corrected chi connectivity index (χ0v) is 12.7. The summed E-state index contributed by atoms with van der Waals surface area (Å²) in [5.41, 5.74) is 1.15. The molecule has 3 aliphatic rings. The van der Waals surface area contributed by atoms with E-state index in [1.54, 1.807) is 12.1 Å². The molecular formula is C18H25FN2. The second-order valence-corrected chi connectivity index (χ2v) is 7.23. The third kappa shape index (κ3) is 2.62. The summed E-state index contributed by atoms with van der Waals surface area (Å²) >= 11 is 0. The molecule has 1 unspecified atom stereocenters. The summed E-state index contributed by atoms with van der Waals surface area (Å²) in [6.45, 7) is 2.97. The molecule has 4 rings (SSSR count). The van der Waals surface area contributed by atoms with E-state index in [2.05, 4.69) is 10.2 Å². The maximum absolute atomic E-state index is 14.0. The average Bonchev–Trinajstić information content (AvgIpc) is 3.24. The van der Waals surface area contributed by atoms with Crippen LogP contribution in [0.3, 0.4) is 0 Å². The van der Waals surface area contributed by atoms with Gasteiger partial charge in [-0.15, -0.1) is 0 Å². The molecule has 0 amide bonds. The van der Waals surface area contributed by atoms with Crippen LogP contribution in [0.25, 0.3) is 0 Å². The van der Waals surface area contributed by atoms with Gasteiger partial charge in [-0.1, -0.05) is 31.0 Å². The highest BCUT2D eigenvalue weighted by molar-refractivity contribution is 5.18. The van der Waals surface area contributed by atoms with E-state index in [0.29, 0.717) is 6.04 Å². The number of hydrogen-bond acceptors (Lipinski definition) is 2. The molecule has 114 valence electrons. The Morgan fingerprint density at radius 2 is 1.95 bits per heavy atom. The minimum Gasteiger partial charge on any atom is -0.311 e. The van der Waals surface area contributed by atoms with Gasteiger partial charge in [0, 0.05) is 36.8 Å². The van der Waals surface area contributed by atoms with E-state index in [9.17, 15) is 4.39 Å². The Bertz CT molecular complexity index is 506. The summed E-state index contributed by atoms with van der Waals surface area (Å²) in [5, 5.41) is 3.81. The first-order chi connectivity index (χ1) is 10.3. The summed E-state index contributed by atoms with van der Waals surface area (Å²) in [6.07, 6.45) is 7.93. The van der Waals surface area contributed by atoms with Crippen molar-refractivity contribution in [2.24, 2.45) is 5.92 Å². The Kier molecular flexibility index (Phi) is 3.50. The normalized spacial score (nSPS) is 29.1. The van der Waals surface area contributed by atoms with Crippen molar-refractivity contribution in [2.75, 3.05) is 13.1 Å². The van der Waals surface area contributed by atoms with E-state index in [1.807, 2.05) is 12.1 Å². The highest BCUT2D eigenvalue weighted by Gasteiger charge is 2.46. The lowest BCUT2D eigenvalue weighted by Gasteiger charge is -2.48. The van der Waals surface area contributed by atoms with E-state index in [1.165, 1.54) is 38.5 Å². The topological polar surface area (TPSA) is 15.3 Å². The van der Waals surface area contributed by atoms with Crippen LogP contribution in [0.15, 0.2) is 24.3 Å². The summed E-state index contributed by atoms with van der Waals surface area (Å²) in [5.74, 6) is 0.819. The quantitative estimate of drug-likeness (QED) is 0.918. The lowest BCUT2D eigenvalue weighted by atomic mass is 9.89. The van der Waals surface area contributed by atoms with Crippen molar-refractivity contribution < 1.29 is 4.39 Å². The largest absolute Gasteiger partial charge is 0.311 e. The van der Waals surface area contributed by atoms with Gasteiger partial charge in [-0.3, -0.25) is 4.90 Å². The highest BCUT2D eigenvalue weighted by Crippen LogP contribution is 2.41. The van der Waals surface area contributed by atoms with Crippen molar-refractivity contribution in [1.82, 2.24) is 10.2 Å². The predicted octanol–water partition coefficient (Wildman–Crippen LogP) is 3.32. The maximum Gasteiger partial charge on any atom is 0.127 e. The number of nitrogens with one attached hydrogen (secondary N) is 1. The first-order valence-electron chi connectivity index (χ1n) is 8.49. The number of nitrogens with zero attached hydrogens (tertiary/aromatic N) is 1. The van der Waals surface area contributed by atoms with Gasteiger partial charge in [-0.2, -0.15) is 0 Å². The number of hydrogen-bond donors (Lipinski definition) is 1. The third-order valence-corrected chi connectivity index (χ3v) is 5.83. The molecule has 2 nitrogen and oxygen atoms in total. The molecule has 1 aliphatic heterocycles. The molecule has 1 aromatic rings. The maximum atomic E-state index is 14.0. The van der Waals surface area contributed by atoms with Crippen LogP contribution in [0, 0.1) is 11.7 Å². The molecule has 21 heavy (non-hydrogen) atoms. The van der Waals surface area contributed by atoms with Crippen molar-refractivity contribution in [2.45, 2.75) is 56.7 Å². The Morgan fingerprint density at radius 1 is 1.19 bits per heavy atom. The van der Waals surface area contributed by atoms with Crippen LogP contribution >= 0.6 is 0 Å². The lowest BCUT2D eigenvalue weighted by molar-refractivity contribution is 0.0303. The van der Waals surface area contributed by atoms with E-state index in [0.717, 1.165) is 31.1 Å². The fourth-order valence-electron chi connectivity index (χ4n) is 4.33. The molecule has 1 spiro atoms. The Balaban J connectivity index is 1.56. The lowest BCUT2D eigenvalue weighted by Crippen LogP contribution is -2.63. The monoisotopic (exact) mass is 288 g/mol. The van der Waals surface area contributed by atoms with Gasteiger partial charge in [0.05, 0.1) is 0 Å². The first-order valence-corrected chi connectivity index (χ1v) is 8.49. The molecule has 3 fully saturated rings. The Hall–Kier alpha value is -0.930. The van der Waals surface area contributed by atoms with Crippen LogP contribution in [0.4, 0.5) is 4.39 Å². The van der Waals surface area contributed by atoms with Gasteiger partial charge >= 0.3 is 0 Å². The molecular weight excluding hydrogens is 263 g/mol. The van der Waals surface area contributed by atoms with E-state index in [4.69, 9.17) is 0 Å². The van der Waals surface area contributed by atoms with Crippen LogP contribution in [-0.2, 0) is 6.54 Å². The minimum atomic E-state index is -0.0489. The van der Waals surface area contributed by atoms with Crippen molar-refractivity contribution in [1.29, 1.82) is 0 Å². The summed E-state index contributed by atoms with van der Waals surface area (Å²) in [4.78, 5) is 2.61. The molecule has 0 bridgehead atoms. The molecule has 0 radical (unpaired) electrons. The second kappa shape index (κ2) is 5.36. The molecule has 1 N–H and O–H groups in total. The molecule has 1 saturated heterocycles. The summed E-state index contributed by atoms with van der Waals surface area (Å²) in [7, 11) is 0. The van der Waals surface area contributed by atoms with Gasteiger partial charge < -0.3 is 5.32 Å². The number of piperazine rings is 1. The summed E-state index contributed by atoms with van der Waals surface area (Å²) < 4.78 is 14.0. The zero-order chi connectivity index (χ0) is 14.3. The van der Waals surface area contributed by atoms with Gasteiger partial charge in [0.1, 0.15) is 5.82 Å². The van der Waals surface area contributed by atoms with Crippen LogP contribution in [0.2, 0.25) is 0 Å². The smallest absolute Gasteiger partial charge is 0.127 e. The fraction of sp³-hybridized carbons (Fsp3) is 0.667. The fourth-order valence-corrected chi connectivity index (χ4v) is 4.33. The van der Waals surface area contributed by atoms with Crippen molar-refractivity contribution in [3.05, 3.63) is 35.6 Å². The van der Waals surface area contributed by atoms with Gasteiger partial charge in [0.15, 0.2) is 0 Å². The SMILES string of the molecule is Fc1ccccc1CN1CC(C2CC2)NCC12CCCC2. The van der Waals surface area contributed by atoms with Gasteiger partial charge in [-0.05, 0) is 37.7 Å². The van der Waals surface area contributed by atoms with E-state index < -0.39 is 0 Å². The highest BCUT2D eigenvalue weighted by atomic mass is 19.1. The minimum absolute atomic E-state index is 0.0489. The van der Waals surface area contributed by atoms with E-state index in [-0.39, 0.29) is 11.4 Å². The molecule has 3 heteroatoms. The van der Waals surface area contributed by atoms with Crippen molar-refractivity contribution in [3.8, 4) is 0 Å². The number of halogens is 1. The standard InChI is InChI=1S/C18H25FN2/c19-16-6-2-1-5-15(16)11-21-12-17(14-7-8-14)20-13-18(21)9-3-4-10-18/h1-2,5-6,14,17,20H,3-4,7-13H2. The Morgan fingerprint density at radius 3 is 2.67 bits per heavy atom. The molecule has 2 saturated carbocycles. The molecule has 1 heterocycles. The number of rotatable bonds is 3. The van der Waals surface area contributed by atoms with Crippen LogP contribution < -0.4 is 5.32 Å². The first kappa shape index (κ1) is 13.7. The van der Waals surface area contributed by atoms with Crippen LogP contribution in [-0.4, -0.2) is 29.6 Å². The molecule has 1 aromatic carbocycles. The van der Waals surface area contributed by atoms with E-state index >= 15 is 0 Å². The van der Waals surface area contributed by atoms with Crippen LogP contribution in [0.5, 0.6) is 0 Å².